The van der Waals surface area contributed by atoms with Crippen molar-refractivity contribution in [1.29, 1.82) is 0 Å². The van der Waals surface area contributed by atoms with Gasteiger partial charge in [-0.1, -0.05) is 17.7 Å². The number of aryl methyl sites for hydroxylation is 1. The summed E-state index contributed by atoms with van der Waals surface area (Å²) in [6.45, 7) is 6.82. The first-order valence-electron chi connectivity index (χ1n) is 8.73. The third kappa shape index (κ3) is 5.37. The summed E-state index contributed by atoms with van der Waals surface area (Å²) < 4.78 is 5.51. The zero-order valence-corrected chi connectivity index (χ0v) is 16.5. The van der Waals surface area contributed by atoms with Crippen LogP contribution in [0.15, 0.2) is 36.4 Å². The molecule has 0 spiro atoms. The van der Waals surface area contributed by atoms with Crippen molar-refractivity contribution in [2.24, 2.45) is 0 Å². The van der Waals surface area contributed by atoms with Gasteiger partial charge in [-0.25, -0.2) is 0 Å². The highest BCUT2D eigenvalue weighted by atomic mass is 35.5. The maximum atomic E-state index is 12.4. The summed E-state index contributed by atoms with van der Waals surface area (Å²) in [4.78, 5) is 26.1. The number of hydrogen-bond acceptors (Lipinski definition) is 4. The van der Waals surface area contributed by atoms with Crippen LogP contribution in [0.1, 0.15) is 29.8 Å². The van der Waals surface area contributed by atoms with Crippen molar-refractivity contribution in [2.75, 3.05) is 30.7 Å². The number of hydrogen-bond donors (Lipinski definition) is 2. The molecule has 144 valence electrons. The van der Waals surface area contributed by atoms with Gasteiger partial charge in [-0.2, -0.15) is 0 Å². The zero-order chi connectivity index (χ0) is 20.0. The fraction of sp³-hybridized carbons (Fsp3) is 0.300. The van der Waals surface area contributed by atoms with Gasteiger partial charge < -0.3 is 20.7 Å². The molecule has 2 aromatic rings. The van der Waals surface area contributed by atoms with E-state index in [0.717, 1.165) is 5.56 Å². The van der Waals surface area contributed by atoms with E-state index in [-0.39, 0.29) is 18.4 Å². The lowest BCUT2D eigenvalue weighted by molar-refractivity contribution is -0.132. The normalized spacial score (nSPS) is 10.4. The van der Waals surface area contributed by atoms with Crippen LogP contribution in [-0.4, -0.2) is 36.4 Å². The van der Waals surface area contributed by atoms with Crippen LogP contribution >= 0.6 is 11.6 Å². The number of rotatable bonds is 7. The first kappa shape index (κ1) is 20.6. The Balaban J connectivity index is 2.05. The SMILES string of the molecule is CCN(CC)C(=O)COc1ccc(NC(=O)c2cc(N)ccc2C)cc1Cl. The molecule has 0 radical (unpaired) electrons. The van der Waals surface area contributed by atoms with Gasteiger partial charge in [0.05, 0.1) is 5.02 Å². The number of benzene rings is 2. The Morgan fingerprint density at radius 3 is 2.48 bits per heavy atom. The highest BCUT2D eigenvalue weighted by Crippen LogP contribution is 2.28. The lowest BCUT2D eigenvalue weighted by Gasteiger charge is -2.19. The first-order chi connectivity index (χ1) is 12.8. The van der Waals surface area contributed by atoms with Gasteiger partial charge in [0.2, 0.25) is 0 Å². The van der Waals surface area contributed by atoms with Gasteiger partial charge in [-0.05, 0) is 56.7 Å². The number of carbonyl (C=O) groups is 2. The van der Waals surface area contributed by atoms with Crippen molar-refractivity contribution < 1.29 is 14.3 Å². The van der Waals surface area contributed by atoms with Crippen LogP contribution in [0, 0.1) is 6.92 Å². The van der Waals surface area contributed by atoms with Crippen molar-refractivity contribution in [3.63, 3.8) is 0 Å². The van der Waals surface area contributed by atoms with E-state index in [1.807, 2.05) is 20.8 Å². The second-order valence-electron chi connectivity index (χ2n) is 6.03. The second-order valence-corrected chi connectivity index (χ2v) is 6.44. The number of likely N-dealkylation sites (N-methyl/N-ethyl adjacent to an activating group) is 1. The summed E-state index contributed by atoms with van der Waals surface area (Å²) in [5.74, 6) is 0.00198. The molecule has 0 fully saturated rings. The Morgan fingerprint density at radius 1 is 1.15 bits per heavy atom. The quantitative estimate of drug-likeness (QED) is 0.706. The summed E-state index contributed by atoms with van der Waals surface area (Å²) in [5, 5.41) is 3.10. The van der Waals surface area contributed by atoms with Crippen LogP contribution in [0.5, 0.6) is 5.75 Å². The zero-order valence-electron chi connectivity index (χ0n) is 15.7. The van der Waals surface area contributed by atoms with Crippen LogP contribution in [0.25, 0.3) is 0 Å². The molecule has 3 N–H and O–H groups in total. The molecule has 2 amide bonds. The van der Waals surface area contributed by atoms with Crippen molar-refractivity contribution in [1.82, 2.24) is 4.90 Å². The average molecular weight is 390 g/mol. The lowest BCUT2D eigenvalue weighted by Crippen LogP contribution is -2.34. The minimum Gasteiger partial charge on any atom is -0.482 e. The third-order valence-corrected chi connectivity index (χ3v) is 4.46. The number of nitrogens with two attached hydrogens (primary N) is 1. The third-order valence-electron chi connectivity index (χ3n) is 4.16. The Bertz CT molecular complexity index is 835. The van der Waals surface area contributed by atoms with Gasteiger partial charge in [0, 0.05) is 30.0 Å². The summed E-state index contributed by atoms with van der Waals surface area (Å²) in [5.41, 5.74) is 8.11. The molecule has 2 rings (SSSR count). The molecule has 0 aliphatic heterocycles. The second kappa shape index (κ2) is 9.28. The molecule has 0 unspecified atom stereocenters. The standard InChI is InChI=1S/C20H24ClN3O3/c1-4-24(5-2)19(25)12-27-18-9-8-15(11-17(18)21)23-20(26)16-10-14(22)7-6-13(16)3/h6-11H,4-5,12,22H2,1-3H3,(H,23,26). The molecule has 27 heavy (non-hydrogen) atoms. The molecule has 0 aliphatic rings. The van der Waals surface area contributed by atoms with Crippen LogP contribution < -0.4 is 15.8 Å². The van der Waals surface area contributed by atoms with E-state index in [1.165, 1.54) is 0 Å². The molecule has 0 bridgehead atoms. The van der Waals surface area contributed by atoms with Crippen LogP contribution in [0.3, 0.4) is 0 Å². The van der Waals surface area contributed by atoms with E-state index in [4.69, 9.17) is 22.1 Å². The Labute approximate surface area is 164 Å². The molecule has 0 atom stereocenters. The molecule has 0 saturated carbocycles. The van der Waals surface area contributed by atoms with Gasteiger partial charge in [-0.15, -0.1) is 0 Å². The van der Waals surface area contributed by atoms with Gasteiger partial charge >= 0.3 is 0 Å². The Hall–Kier alpha value is -2.73. The predicted molar refractivity (Wildman–Crippen MR) is 108 cm³/mol. The van der Waals surface area contributed by atoms with Crippen molar-refractivity contribution >= 4 is 34.8 Å². The maximum absolute atomic E-state index is 12.4. The fourth-order valence-electron chi connectivity index (χ4n) is 2.59. The smallest absolute Gasteiger partial charge is 0.260 e. The molecule has 0 heterocycles. The number of nitrogen functional groups attached to an aromatic ring is 1. The van der Waals surface area contributed by atoms with E-state index in [1.54, 1.807) is 41.3 Å². The Morgan fingerprint density at radius 2 is 1.85 bits per heavy atom. The molecule has 2 aromatic carbocycles. The molecule has 0 aliphatic carbocycles. The van der Waals surface area contributed by atoms with E-state index >= 15 is 0 Å². The van der Waals surface area contributed by atoms with Crippen molar-refractivity contribution in [3.8, 4) is 5.75 Å². The fourth-order valence-corrected chi connectivity index (χ4v) is 2.82. The summed E-state index contributed by atoms with van der Waals surface area (Å²) in [7, 11) is 0. The van der Waals surface area contributed by atoms with Crippen LogP contribution in [0.4, 0.5) is 11.4 Å². The number of ether oxygens (including phenoxy) is 1. The number of halogens is 1. The maximum Gasteiger partial charge on any atom is 0.260 e. The number of carbonyl (C=O) groups excluding carboxylic acids is 2. The summed E-state index contributed by atoms with van der Waals surface area (Å²) >= 11 is 6.22. The van der Waals surface area contributed by atoms with Crippen molar-refractivity contribution in [2.45, 2.75) is 20.8 Å². The van der Waals surface area contributed by atoms with E-state index < -0.39 is 0 Å². The summed E-state index contributed by atoms with van der Waals surface area (Å²) in [6.07, 6.45) is 0. The van der Waals surface area contributed by atoms with E-state index in [9.17, 15) is 9.59 Å². The number of anilines is 2. The average Bonchev–Trinajstić information content (AvgIpc) is 2.64. The topological polar surface area (TPSA) is 84.7 Å². The molecule has 0 aromatic heterocycles. The molecule has 0 saturated heterocycles. The highest BCUT2D eigenvalue weighted by molar-refractivity contribution is 6.32. The molecular weight excluding hydrogens is 366 g/mol. The minimum absolute atomic E-state index is 0.0877. The van der Waals surface area contributed by atoms with E-state index in [2.05, 4.69) is 5.32 Å². The minimum atomic E-state index is -0.277. The van der Waals surface area contributed by atoms with Gasteiger partial charge in [-0.3, -0.25) is 9.59 Å². The van der Waals surface area contributed by atoms with Gasteiger partial charge in [0.1, 0.15) is 5.75 Å². The van der Waals surface area contributed by atoms with E-state index in [0.29, 0.717) is 40.8 Å². The number of amides is 2. The van der Waals surface area contributed by atoms with Gasteiger partial charge in [0.25, 0.3) is 11.8 Å². The number of nitrogens with one attached hydrogen (secondary N) is 1. The van der Waals surface area contributed by atoms with Gasteiger partial charge in [0.15, 0.2) is 6.61 Å². The summed E-state index contributed by atoms with van der Waals surface area (Å²) in [6, 6.07) is 10.0. The molecule has 6 nitrogen and oxygen atoms in total. The Kier molecular flexibility index (Phi) is 7.07. The van der Waals surface area contributed by atoms with Crippen molar-refractivity contribution in [3.05, 3.63) is 52.5 Å². The van der Waals surface area contributed by atoms with Crippen LogP contribution in [-0.2, 0) is 4.79 Å². The highest BCUT2D eigenvalue weighted by Gasteiger charge is 2.13. The predicted octanol–water partition coefficient (Wildman–Crippen LogP) is 3.73. The first-order valence-corrected chi connectivity index (χ1v) is 9.11. The largest absolute Gasteiger partial charge is 0.482 e. The molecular formula is C20H24ClN3O3. The lowest BCUT2D eigenvalue weighted by atomic mass is 10.1. The number of nitrogens with zero attached hydrogens (tertiary/aromatic N) is 1. The van der Waals surface area contributed by atoms with Crippen LogP contribution in [0.2, 0.25) is 5.02 Å². The molecule has 7 heteroatoms. The monoisotopic (exact) mass is 389 g/mol.